The Morgan fingerprint density at radius 1 is 1.27 bits per heavy atom. The summed E-state index contributed by atoms with van der Waals surface area (Å²) in [5, 5.41) is 17.4. The molecule has 0 spiro atoms. The van der Waals surface area contributed by atoms with Crippen LogP contribution in [-0.2, 0) is 0 Å². The molecule has 0 aliphatic carbocycles. The second kappa shape index (κ2) is 8.07. The summed E-state index contributed by atoms with van der Waals surface area (Å²) in [7, 11) is 0. The number of amides is 1. The van der Waals surface area contributed by atoms with Gasteiger partial charge in [0.05, 0.1) is 10.5 Å². The van der Waals surface area contributed by atoms with Crippen LogP contribution >= 0.6 is 0 Å². The molecule has 9 heteroatoms. The van der Waals surface area contributed by atoms with Crippen LogP contribution in [0, 0.1) is 10.1 Å². The zero-order chi connectivity index (χ0) is 18.5. The van der Waals surface area contributed by atoms with Crippen LogP contribution in [0.3, 0.4) is 0 Å². The van der Waals surface area contributed by atoms with E-state index in [1.54, 1.807) is 0 Å². The lowest BCUT2D eigenvalue weighted by Crippen LogP contribution is -2.44. The third-order valence-corrected chi connectivity index (χ3v) is 4.43. The zero-order valence-electron chi connectivity index (χ0n) is 14.3. The second-order valence-corrected chi connectivity index (χ2v) is 6.24. The summed E-state index contributed by atoms with van der Waals surface area (Å²) in [6, 6.07) is 5.22. The van der Waals surface area contributed by atoms with E-state index in [-0.39, 0.29) is 11.3 Å². The van der Waals surface area contributed by atoms with Gasteiger partial charge in [-0.25, -0.2) is 0 Å². The number of non-ortho nitro benzene ring substituents is 1. The number of hydrogen-bond acceptors (Lipinski definition) is 6. The number of carbonyl (C=O) groups is 1. The first-order valence-electron chi connectivity index (χ1n) is 8.57. The first kappa shape index (κ1) is 18.0. The van der Waals surface area contributed by atoms with Crippen molar-refractivity contribution in [3.63, 3.8) is 0 Å². The number of carbonyl (C=O) groups excluding carboxylic acids is 1. The van der Waals surface area contributed by atoms with Gasteiger partial charge >= 0.3 is 0 Å². The smallest absolute Gasteiger partial charge is 0.270 e. The van der Waals surface area contributed by atoms with Gasteiger partial charge in [0.15, 0.2) is 0 Å². The lowest BCUT2D eigenvalue weighted by molar-refractivity contribution is -0.384. The van der Waals surface area contributed by atoms with Gasteiger partial charge in [0.2, 0.25) is 5.56 Å². The topological polar surface area (TPSA) is 120 Å². The quantitative estimate of drug-likeness (QED) is 0.391. The van der Waals surface area contributed by atoms with E-state index in [0.717, 1.165) is 39.1 Å². The van der Waals surface area contributed by atoms with Gasteiger partial charge in [-0.3, -0.25) is 19.7 Å². The number of aromatic nitrogens is 1. The van der Waals surface area contributed by atoms with Gasteiger partial charge in [-0.05, 0) is 19.0 Å². The average Bonchev–Trinajstić information content (AvgIpc) is 2.64. The fourth-order valence-corrected chi connectivity index (χ4v) is 3.08. The Hall–Kier alpha value is -2.78. The molecule has 0 radical (unpaired) electrons. The molecule has 0 saturated carbocycles. The Bertz CT molecular complexity index is 873. The van der Waals surface area contributed by atoms with E-state index in [1.165, 1.54) is 24.3 Å². The van der Waals surface area contributed by atoms with E-state index in [1.807, 2.05) is 0 Å². The normalized spacial score (nSPS) is 15.1. The molecule has 1 aliphatic heterocycles. The maximum absolute atomic E-state index is 12.5. The maximum Gasteiger partial charge on any atom is 0.270 e. The molecule has 1 fully saturated rings. The lowest BCUT2D eigenvalue weighted by atomic mass is 10.1. The third-order valence-electron chi connectivity index (χ3n) is 4.43. The fourth-order valence-electron chi connectivity index (χ4n) is 3.08. The van der Waals surface area contributed by atoms with Crippen LogP contribution in [0.4, 0.5) is 5.69 Å². The molecule has 1 saturated heterocycles. The lowest BCUT2D eigenvalue weighted by Gasteiger charge is -2.27. The molecule has 9 nitrogen and oxygen atoms in total. The van der Waals surface area contributed by atoms with Gasteiger partial charge in [-0.2, -0.15) is 0 Å². The van der Waals surface area contributed by atoms with Gasteiger partial charge < -0.3 is 20.5 Å². The molecule has 2 heterocycles. The van der Waals surface area contributed by atoms with Crippen molar-refractivity contribution in [3.05, 3.63) is 50.3 Å². The average molecular weight is 359 g/mol. The molecule has 2 aromatic rings. The summed E-state index contributed by atoms with van der Waals surface area (Å²) in [6.45, 7) is 5.32. The van der Waals surface area contributed by atoms with E-state index < -0.39 is 16.4 Å². The first-order chi connectivity index (χ1) is 12.5. The van der Waals surface area contributed by atoms with Crippen molar-refractivity contribution in [1.29, 1.82) is 0 Å². The van der Waals surface area contributed by atoms with Crippen molar-refractivity contribution in [2.24, 2.45) is 0 Å². The predicted octanol–water partition coefficient (Wildman–Crippen LogP) is 0.461. The maximum atomic E-state index is 12.5. The monoisotopic (exact) mass is 359 g/mol. The van der Waals surface area contributed by atoms with E-state index >= 15 is 0 Å². The van der Waals surface area contributed by atoms with Crippen molar-refractivity contribution in [1.82, 2.24) is 20.5 Å². The summed E-state index contributed by atoms with van der Waals surface area (Å²) in [5.41, 5.74) is -0.00156. The van der Waals surface area contributed by atoms with Crippen LogP contribution in [0.5, 0.6) is 0 Å². The number of nitrogens with zero attached hydrogens (tertiary/aromatic N) is 2. The number of H-pyrrole nitrogens is 1. The number of aromatic amines is 1. The second-order valence-electron chi connectivity index (χ2n) is 6.24. The number of nitro groups is 1. The molecular weight excluding hydrogens is 338 g/mol. The van der Waals surface area contributed by atoms with Crippen molar-refractivity contribution in [2.45, 2.75) is 6.42 Å². The van der Waals surface area contributed by atoms with Crippen LogP contribution in [0.15, 0.2) is 29.1 Å². The van der Waals surface area contributed by atoms with Crippen molar-refractivity contribution >= 4 is 22.5 Å². The summed E-state index contributed by atoms with van der Waals surface area (Å²) < 4.78 is 0. The van der Waals surface area contributed by atoms with Gasteiger partial charge in [0.1, 0.15) is 0 Å². The number of fused-ring (bicyclic) bond motifs is 1. The molecule has 138 valence electrons. The minimum Gasteiger partial charge on any atom is -0.352 e. The Kier molecular flexibility index (Phi) is 5.59. The minimum atomic E-state index is -0.528. The van der Waals surface area contributed by atoms with Crippen LogP contribution in [0.1, 0.15) is 16.8 Å². The number of pyridine rings is 1. The molecule has 1 amide bonds. The molecule has 0 atom stereocenters. The minimum absolute atomic E-state index is 0.127. The molecule has 26 heavy (non-hydrogen) atoms. The molecule has 1 aromatic carbocycles. The third kappa shape index (κ3) is 4.24. The highest BCUT2D eigenvalue weighted by Crippen LogP contribution is 2.21. The number of hydrogen-bond donors (Lipinski definition) is 3. The molecular formula is C17H21N5O4. The van der Waals surface area contributed by atoms with Gasteiger partial charge in [0, 0.05) is 61.8 Å². The van der Waals surface area contributed by atoms with E-state index in [4.69, 9.17) is 0 Å². The molecule has 1 aromatic heterocycles. The molecule has 3 rings (SSSR count). The standard InChI is InChI=1S/C17H21N5O4/c23-16-11-14(13-10-12(22(25)26)2-3-15(13)20-16)17(24)19-4-1-7-21-8-5-18-6-9-21/h2-3,10-11,18H,1,4-9H2,(H,19,24)(H,20,23). The van der Waals surface area contributed by atoms with Crippen molar-refractivity contribution < 1.29 is 9.72 Å². The molecule has 1 aliphatic rings. The summed E-state index contributed by atoms with van der Waals surface area (Å²) in [4.78, 5) is 39.6. The first-order valence-corrected chi connectivity index (χ1v) is 8.57. The SMILES string of the molecule is O=C(NCCCN1CCNCC1)c1cc(=O)[nH]c2ccc([N+](=O)[O-])cc12. The number of piperazine rings is 1. The van der Waals surface area contributed by atoms with Gasteiger partial charge in [-0.15, -0.1) is 0 Å². The number of benzene rings is 1. The van der Waals surface area contributed by atoms with Crippen molar-refractivity contribution in [2.75, 3.05) is 39.3 Å². The Labute approximate surface area is 149 Å². The Morgan fingerprint density at radius 3 is 2.77 bits per heavy atom. The Morgan fingerprint density at radius 2 is 2.04 bits per heavy atom. The predicted molar refractivity (Wildman–Crippen MR) is 97.5 cm³/mol. The fraction of sp³-hybridized carbons (Fsp3) is 0.412. The highest BCUT2D eigenvalue weighted by molar-refractivity contribution is 6.06. The molecule has 3 N–H and O–H groups in total. The highest BCUT2D eigenvalue weighted by Gasteiger charge is 2.15. The summed E-state index contributed by atoms with van der Waals surface area (Å²) >= 11 is 0. The van der Waals surface area contributed by atoms with Crippen molar-refractivity contribution in [3.8, 4) is 0 Å². The van der Waals surface area contributed by atoms with E-state index in [0.29, 0.717) is 17.4 Å². The van der Waals surface area contributed by atoms with Gasteiger partial charge in [-0.1, -0.05) is 0 Å². The van der Waals surface area contributed by atoms with Crippen LogP contribution < -0.4 is 16.2 Å². The Balaban J connectivity index is 1.69. The largest absolute Gasteiger partial charge is 0.352 e. The van der Waals surface area contributed by atoms with Crippen LogP contribution in [0.2, 0.25) is 0 Å². The zero-order valence-corrected chi connectivity index (χ0v) is 14.3. The van der Waals surface area contributed by atoms with Gasteiger partial charge in [0.25, 0.3) is 11.6 Å². The number of rotatable bonds is 6. The van der Waals surface area contributed by atoms with E-state index in [9.17, 15) is 19.7 Å². The van der Waals surface area contributed by atoms with Crippen LogP contribution in [-0.4, -0.2) is 60.0 Å². The van der Waals surface area contributed by atoms with E-state index in [2.05, 4.69) is 20.5 Å². The highest BCUT2D eigenvalue weighted by atomic mass is 16.6. The van der Waals surface area contributed by atoms with Crippen LogP contribution in [0.25, 0.3) is 10.9 Å². The number of nitrogens with one attached hydrogen (secondary N) is 3. The summed E-state index contributed by atoms with van der Waals surface area (Å²) in [5.74, 6) is -0.401. The summed E-state index contributed by atoms with van der Waals surface area (Å²) in [6.07, 6.45) is 0.799. The number of nitro benzene ring substituents is 1. The molecule has 0 unspecified atom stereocenters. The molecule has 0 bridgehead atoms.